The molecule has 0 atom stereocenters. The zero-order chi connectivity index (χ0) is 19.8. The first-order chi connectivity index (χ1) is 13.6. The van der Waals surface area contributed by atoms with Crippen LogP contribution in [0, 0.1) is 6.92 Å². The zero-order valence-corrected chi connectivity index (χ0v) is 15.5. The van der Waals surface area contributed by atoms with E-state index in [9.17, 15) is 9.59 Å². The summed E-state index contributed by atoms with van der Waals surface area (Å²) < 4.78 is 5.62. The fraction of sp³-hybridized carbons (Fsp3) is 0.136. The molecule has 0 unspecified atom stereocenters. The lowest BCUT2D eigenvalue weighted by Gasteiger charge is -2.10. The topological polar surface area (TPSA) is 80.3 Å². The predicted molar refractivity (Wildman–Crippen MR) is 108 cm³/mol. The quantitative estimate of drug-likeness (QED) is 0.620. The molecule has 6 heteroatoms. The van der Waals surface area contributed by atoms with Gasteiger partial charge in [0.2, 0.25) is 0 Å². The number of aryl methyl sites for hydroxylation is 1. The maximum Gasteiger partial charge on any atom is 0.257 e. The lowest BCUT2D eigenvalue weighted by molar-refractivity contribution is 0.0945. The first-order valence-electron chi connectivity index (χ1n) is 8.91. The Morgan fingerprint density at radius 2 is 1.79 bits per heavy atom. The minimum atomic E-state index is -0.280. The maximum absolute atomic E-state index is 12.3. The molecule has 0 aliphatic heterocycles. The highest BCUT2D eigenvalue weighted by Crippen LogP contribution is 2.13. The molecule has 1 heterocycles. The monoisotopic (exact) mass is 375 g/mol. The Labute approximate surface area is 163 Å². The third-order valence-electron chi connectivity index (χ3n) is 3.95. The standard InChI is InChI=1S/C22H21N3O3/c1-16-5-2-9-20(13-16)28-12-11-24-21(26)17-6-3-8-19(14-17)25-22(27)18-7-4-10-23-15-18/h2-10,13-15H,11-12H2,1H3,(H,24,26)(H,25,27). The Kier molecular flexibility index (Phi) is 6.36. The Hall–Kier alpha value is -3.67. The van der Waals surface area contributed by atoms with Crippen LogP contribution >= 0.6 is 0 Å². The number of hydrogen-bond acceptors (Lipinski definition) is 4. The van der Waals surface area contributed by atoms with Gasteiger partial charge in [-0.15, -0.1) is 0 Å². The molecule has 3 rings (SSSR count). The molecule has 28 heavy (non-hydrogen) atoms. The first-order valence-corrected chi connectivity index (χ1v) is 8.91. The Bertz CT molecular complexity index is 958. The third-order valence-corrected chi connectivity index (χ3v) is 3.95. The van der Waals surface area contributed by atoms with Gasteiger partial charge in [0, 0.05) is 23.6 Å². The number of ether oxygens (including phenoxy) is 1. The second-order valence-electron chi connectivity index (χ2n) is 6.20. The molecule has 3 aromatic rings. The van der Waals surface area contributed by atoms with Crippen molar-refractivity contribution in [1.29, 1.82) is 0 Å². The second kappa shape index (κ2) is 9.32. The van der Waals surface area contributed by atoms with Gasteiger partial charge >= 0.3 is 0 Å². The summed E-state index contributed by atoms with van der Waals surface area (Å²) in [5.41, 5.74) is 2.56. The average molecular weight is 375 g/mol. The fourth-order valence-corrected chi connectivity index (χ4v) is 2.58. The van der Waals surface area contributed by atoms with Crippen LogP contribution in [0.4, 0.5) is 5.69 Å². The molecule has 0 fully saturated rings. The molecule has 0 spiro atoms. The van der Waals surface area contributed by atoms with Crippen LogP contribution in [0.25, 0.3) is 0 Å². The first kappa shape index (κ1) is 19.1. The molecule has 0 bridgehead atoms. The molecule has 6 nitrogen and oxygen atoms in total. The molecule has 2 N–H and O–H groups in total. The van der Waals surface area contributed by atoms with Crippen LogP contribution in [0.2, 0.25) is 0 Å². The van der Waals surface area contributed by atoms with Crippen LogP contribution in [-0.2, 0) is 0 Å². The predicted octanol–water partition coefficient (Wildman–Crippen LogP) is 3.45. The van der Waals surface area contributed by atoms with Crippen molar-refractivity contribution < 1.29 is 14.3 Å². The van der Waals surface area contributed by atoms with E-state index < -0.39 is 0 Å². The number of hydrogen-bond donors (Lipinski definition) is 2. The van der Waals surface area contributed by atoms with Crippen molar-refractivity contribution >= 4 is 17.5 Å². The van der Waals surface area contributed by atoms with Gasteiger partial charge in [0.05, 0.1) is 12.1 Å². The molecule has 2 aromatic carbocycles. The van der Waals surface area contributed by atoms with Crippen LogP contribution in [0.1, 0.15) is 26.3 Å². The van der Waals surface area contributed by atoms with Crippen LogP contribution in [0.5, 0.6) is 5.75 Å². The molecule has 1 aromatic heterocycles. The van der Waals surface area contributed by atoms with Crippen molar-refractivity contribution in [2.24, 2.45) is 0 Å². The highest BCUT2D eigenvalue weighted by atomic mass is 16.5. The molecular formula is C22H21N3O3. The molecular weight excluding hydrogens is 354 g/mol. The highest BCUT2D eigenvalue weighted by Gasteiger charge is 2.09. The summed E-state index contributed by atoms with van der Waals surface area (Å²) in [4.78, 5) is 28.5. The summed E-state index contributed by atoms with van der Waals surface area (Å²) in [6, 6.07) is 17.9. The Morgan fingerprint density at radius 1 is 0.964 bits per heavy atom. The lowest BCUT2D eigenvalue weighted by atomic mass is 10.1. The zero-order valence-electron chi connectivity index (χ0n) is 15.5. The van der Waals surface area contributed by atoms with Gasteiger partial charge in [-0.3, -0.25) is 14.6 Å². The lowest BCUT2D eigenvalue weighted by Crippen LogP contribution is -2.28. The molecule has 0 saturated heterocycles. The van der Waals surface area contributed by atoms with Crippen molar-refractivity contribution in [2.45, 2.75) is 6.92 Å². The summed E-state index contributed by atoms with van der Waals surface area (Å²) in [7, 11) is 0. The van der Waals surface area contributed by atoms with E-state index in [0.717, 1.165) is 11.3 Å². The molecule has 0 aliphatic carbocycles. The number of anilines is 1. The van der Waals surface area contributed by atoms with E-state index >= 15 is 0 Å². The molecule has 0 radical (unpaired) electrons. The number of nitrogens with zero attached hydrogens (tertiary/aromatic N) is 1. The number of amides is 2. The smallest absolute Gasteiger partial charge is 0.257 e. The number of benzene rings is 2. The molecule has 0 aliphatic rings. The van der Waals surface area contributed by atoms with Gasteiger partial charge in [-0.05, 0) is 55.0 Å². The van der Waals surface area contributed by atoms with Gasteiger partial charge in [0.1, 0.15) is 12.4 Å². The normalized spacial score (nSPS) is 10.2. The van der Waals surface area contributed by atoms with Gasteiger partial charge in [0.25, 0.3) is 11.8 Å². The van der Waals surface area contributed by atoms with E-state index in [4.69, 9.17) is 4.74 Å². The van der Waals surface area contributed by atoms with E-state index in [2.05, 4.69) is 15.6 Å². The van der Waals surface area contributed by atoms with E-state index in [1.807, 2.05) is 31.2 Å². The van der Waals surface area contributed by atoms with Gasteiger partial charge < -0.3 is 15.4 Å². The molecule has 142 valence electrons. The van der Waals surface area contributed by atoms with Crippen molar-refractivity contribution in [3.05, 3.63) is 89.7 Å². The molecule has 2 amide bonds. The number of aromatic nitrogens is 1. The van der Waals surface area contributed by atoms with Gasteiger partial charge in [0.15, 0.2) is 0 Å². The van der Waals surface area contributed by atoms with Gasteiger partial charge in [-0.1, -0.05) is 18.2 Å². The summed E-state index contributed by atoms with van der Waals surface area (Å²) in [6.07, 6.45) is 3.09. The number of carbonyl (C=O) groups is 2. The highest BCUT2D eigenvalue weighted by molar-refractivity contribution is 6.04. The van der Waals surface area contributed by atoms with E-state index in [1.54, 1.807) is 42.6 Å². The SMILES string of the molecule is Cc1cccc(OCCNC(=O)c2cccc(NC(=O)c3cccnc3)c2)c1. The Balaban J connectivity index is 1.51. The van der Waals surface area contributed by atoms with Crippen LogP contribution < -0.4 is 15.4 Å². The van der Waals surface area contributed by atoms with Gasteiger partial charge in [-0.25, -0.2) is 0 Å². The molecule has 0 saturated carbocycles. The van der Waals surface area contributed by atoms with Crippen LogP contribution in [0.3, 0.4) is 0 Å². The Morgan fingerprint density at radius 3 is 2.57 bits per heavy atom. The van der Waals surface area contributed by atoms with E-state index in [0.29, 0.717) is 30.0 Å². The number of carbonyl (C=O) groups excluding carboxylic acids is 2. The van der Waals surface area contributed by atoms with Crippen molar-refractivity contribution in [3.63, 3.8) is 0 Å². The van der Waals surface area contributed by atoms with Crippen LogP contribution in [-0.4, -0.2) is 29.9 Å². The fourth-order valence-electron chi connectivity index (χ4n) is 2.58. The maximum atomic E-state index is 12.3. The van der Waals surface area contributed by atoms with E-state index in [1.165, 1.54) is 6.20 Å². The summed E-state index contributed by atoms with van der Waals surface area (Å²) >= 11 is 0. The number of pyridine rings is 1. The average Bonchev–Trinajstić information content (AvgIpc) is 2.72. The van der Waals surface area contributed by atoms with Crippen molar-refractivity contribution in [2.75, 3.05) is 18.5 Å². The second-order valence-corrected chi connectivity index (χ2v) is 6.20. The minimum Gasteiger partial charge on any atom is -0.492 e. The van der Waals surface area contributed by atoms with Gasteiger partial charge in [-0.2, -0.15) is 0 Å². The number of rotatable bonds is 7. The summed E-state index contributed by atoms with van der Waals surface area (Å²) in [5.74, 6) is 0.261. The summed E-state index contributed by atoms with van der Waals surface area (Å²) in [5, 5.41) is 5.57. The minimum absolute atomic E-state index is 0.231. The van der Waals surface area contributed by atoms with Crippen molar-refractivity contribution in [3.8, 4) is 5.75 Å². The third kappa shape index (κ3) is 5.41. The summed E-state index contributed by atoms with van der Waals surface area (Å²) in [6.45, 7) is 2.74. The van der Waals surface area contributed by atoms with E-state index in [-0.39, 0.29) is 11.8 Å². The number of nitrogens with one attached hydrogen (secondary N) is 2. The van der Waals surface area contributed by atoms with Crippen LogP contribution in [0.15, 0.2) is 73.1 Å². The van der Waals surface area contributed by atoms with Crippen molar-refractivity contribution in [1.82, 2.24) is 10.3 Å². The largest absolute Gasteiger partial charge is 0.492 e.